The van der Waals surface area contributed by atoms with Crippen LogP contribution in [0, 0.1) is 0 Å². The Morgan fingerprint density at radius 1 is 0.644 bits per heavy atom. The molecule has 3 heterocycles. The van der Waals surface area contributed by atoms with Crippen LogP contribution >= 0.6 is 0 Å². The Morgan fingerprint density at radius 3 is 1.82 bits per heavy atom. The van der Waals surface area contributed by atoms with Crippen LogP contribution in [0.25, 0.3) is 0 Å². The number of aliphatic hydroxyl groups excluding tert-OH is 12. The maximum absolute atomic E-state index is 11.0. The molecule has 0 aromatic heterocycles. The number of ether oxygens (including phenoxy) is 6. The molecule has 0 radical (unpaired) electrons. The van der Waals surface area contributed by atoms with Gasteiger partial charge in [-0.1, -0.05) is 6.08 Å². The molecule has 4 rings (SSSR count). The average molecular weight is 660 g/mol. The first-order chi connectivity index (χ1) is 21.3. The highest BCUT2D eigenvalue weighted by atomic mass is 16.7. The first-order valence-corrected chi connectivity index (χ1v) is 14.5. The molecule has 1 aliphatic carbocycles. The van der Waals surface area contributed by atoms with E-state index in [0.717, 1.165) is 0 Å². The third-order valence-electron chi connectivity index (χ3n) is 8.68. The lowest BCUT2D eigenvalue weighted by atomic mass is 9.86. The number of rotatable bonds is 10. The predicted octanol–water partition coefficient (Wildman–Crippen LogP) is -7.91. The van der Waals surface area contributed by atoms with Crippen molar-refractivity contribution in [3.63, 3.8) is 0 Å². The second-order valence-electron chi connectivity index (χ2n) is 11.6. The van der Waals surface area contributed by atoms with Crippen LogP contribution in [0.5, 0.6) is 0 Å². The van der Waals surface area contributed by atoms with Crippen LogP contribution in [0.3, 0.4) is 0 Å². The van der Waals surface area contributed by atoms with E-state index in [1.165, 1.54) is 13.2 Å². The van der Waals surface area contributed by atoms with E-state index in [1.54, 1.807) is 6.92 Å². The zero-order valence-electron chi connectivity index (χ0n) is 24.5. The number of methoxy groups -OCH3 is 1. The van der Waals surface area contributed by atoms with Gasteiger partial charge >= 0.3 is 0 Å². The lowest BCUT2D eigenvalue weighted by Gasteiger charge is -2.47. The molecule has 19 atom stereocenters. The van der Waals surface area contributed by atoms with Gasteiger partial charge in [-0.2, -0.15) is 0 Å². The monoisotopic (exact) mass is 659 g/mol. The van der Waals surface area contributed by atoms with E-state index in [0.29, 0.717) is 0 Å². The molecule has 19 nitrogen and oxygen atoms in total. The lowest BCUT2D eigenvalue weighted by molar-refractivity contribution is -0.364. The SMILES string of the molecule is CO[C@@H]1O[C@H](C)[C@H](N[C@H]2C=C(CO)[C@@H](O[C@H]3O[C@H](CO)[C@@H](O[C@@H]4O[C@H](CO)[C@@H](O)[C@H](O)[C@H]4O)[C@H](O)[C@H]3O)[C@H](O)[C@H]2O)[C@H](O)[C@H]1O. The van der Waals surface area contributed by atoms with Gasteiger partial charge in [-0.05, 0) is 12.5 Å². The van der Waals surface area contributed by atoms with Crippen molar-refractivity contribution in [3.05, 3.63) is 11.6 Å². The summed E-state index contributed by atoms with van der Waals surface area (Å²) in [5.74, 6) is 0. The molecule has 4 aliphatic rings. The van der Waals surface area contributed by atoms with Crippen molar-refractivity contribution < 1.29 is 89.7 Å². The smallest absolute Gasteiger partial charge is 0.187 e. The van der Waals surface area contributed by atoms with E-state index in [2.05, 4.69) is 5.32 Å². The summed E-state index contributed by atoms with van der Waals surface area (Å²) in [6.07, 6.45) is -25.3. The van der Waals surface area contributed by atoms with E-state index < -0.39 is 136 Å². The second kappa shape index (κ2) is 15.5. The summed E-state index contributed by atoms with van der Waals surface area (Å²) >= 11 is 0. The summed E-state index contributed by atoms with van der Waals surface area (Å²) in [5, 5.41) is 127. The van der Waals surface area contributed by atoms with Gasteiger partial charge in [0.05, 0.1) is 38.0 Å². The quantitative estimate of drug-likeness (QED) is 0.0968. The van der Waals surface area contributed by atoms with Gasteiger partial charge in [0.2, 0.25) is 0 Å². The van der Waals surface area contributed by atoms with E-state index in [4.69, 9.17) is 28.4 Å². The molecular weight excluding hydrogens is 614 g/mol. The minimum atomic E-state index is -1.94. The summed E-state index contributed by atoms with van der Waals surface area (Å²) in [4.78, 5) is 0. The molecular formula is C26H45NO18. The molecule has 0 amide bonds. The molecule has 0 saturated carbocycles. The van der Waals surface area contributed by atoms with Crippen LogP contribution in [-0.2, 0) is 28.4 Å². The fourth-order valence-corrected chi connectivity index (χ4v) is 5.98. The molecule has 19 heteroatoms. The summed E-state index contributed by atoms with van der Waals surface area (Å²) in [6.45, 7) is -0.715. The molecule has 3 fully saturated rings. The zero-order chi connectivity index (χ0) is 33.3. The minimum Gasteiger partial charge on any atom is -0.394 e. The van der Waals surface area contributed by atoms with Gasteiger partial charge in [-0.3, -0.25) is 0 Å². The van der Waals surface area contributed by atoms with Crippen molar-refractivity contribution in [2.75, 3.05) is 26.9 Å². The van der Waals surface area contributed by atoms with Gasteiger partial charge in [-0.25, -0.2) is 0 Å². The molecule has 3 aliphatic heterocycles. The van der Waals surface area contributed by atoms with Crippen molar-refractivity contribution >= 4 is 0 Å². The highest BCUT2D eigenvalue weighted by Crippen LogP contribution is 2.33. The molecule has 0 unspecified atom stereocenters. The summed E-state index contributed by atoms with van der Waals surface area (Å²) < 4.78 is 32.6. The summed E-state index contributed by atoms with van der Waals surface area (Å²) in [5.41, 5.74) is 0.00465. The molecule has 262 valence electrons. The maximum atomic E-state index is 11.0. The average Bonchev–Trinajstić information content (AvgIpc) is 3.03. The Labute approximate surface area is 257 Å². The van der Waals surface area contributed by atoms with Gasteiger partial charge in [0.25, 0.3) is 0 Å². The Bertz CT molecular complexity index is 974. The van der Waals surface area contributed by atoms with Crippen molar-refractivity contribution in [1.82, 2.24) is 5.32 Å². The number of nitrogens with one attached hydrogen (secondary N) is 1. The third-order valence-corrected chi connectivity index (χ3v) is 8.68. The maximum Gasteiger partial charge on any atom is 0.187 e. The van der Waals surface area contributed by atoms with Gasteiger partial charge in [-0.15, -0.1) is 0 Å². The first-order valence-electron chi connectivity index (χ1n) is 14.5. The Kier molecular flexibility index (Phi) is 12.7. The van der Waals surface area contributed by atoms with Crippen LogP contribution in [0.15, 0.2) is 11.6 Å². The van der Waals surface area contributed by atoms with Crippen LogP contribution in [-0.4, -0.2) is 205 Å². The van der Waals surface area contributed by atoms with Gasteiger partial charge in [0, 0.05) is 7.11 Å². The molecule has 0 aromatic rings. The largest absolute Gasteiger partial charge is 0.394 e. The first kappa shape index (κ1) is 36.8. The number of aliphatic hydroxyl groups is 12. The number of hydrogen-bond donors (Lipinski definition) is 13. The van der Waals surface area contributed by atoms with Crippen molar-refractivity contribution in [2.45, 2.75) is 123 Å². The molecule has 13 N–H and O–H groups in total. The van der Waals surface area contributed by atoms with E-state index in [9.17, 15) is 61.3 Å². The molecule has 0 spiro atoms. The summed E-state index contributed by atoms with van der Waals surface area (Å²) in [7, 11) is 1.29. The zero-order valence-corrected chi connectivity index (χ0v) is 24.5. The molecule has 45 heavy (non-hydrogen) atoms. The normalized spacial score (nSPS) is 51.2. The molecule has 0 aromatic carbocycles. The van der Waals surface area contributed by atoms with E-state index in [-0.39, 0.29) is 5.57 Å². The molecule has 3 saturated heterocycles. The van der Waals surface area contributed by atoms with Crippen LogP contribution < -0.4 is 5.32 Å². The van der Waals surface area contributed by atoms with Crippen LogP contribution in [0.4, 0.5) is 0 Å². The Hall–Kier alpha value is -1.02. The minimum absolute atomic E-state index is 0.00465. The standard InChI is InChI=1S/C26H45NO18/c1-7-12(15(33)19(37)24(40-2)41-7)27-9-3-8(4-28)22(17(35)13(9)31)44-26-21(39)18(36)23(11(6-30)43-26)45-25-20(38)16(34)14(32)10(5-29)42-25/h3,7,9-39H,4-6H2,1-2H3/t7-,9+,10-,11-,12+,13+,14-,15+,16+,17-,18-,19-,20-,21-,22-,23-,24-,25+,26-/m1/s1. The fourth-order valence-electron chi connectivity index (χ4n) is 5.98. The van der Waals surface area contributed by atoms with Crippen LogP contribution in [0.2, 0.25) is 0 Å². The van der Waals surface area contributed by atoms with Crippen molar-refractivity contribution in [3.8, 4) is 0 Å². The topological polar surface area (TPSA) is 310 Å². The fraction of sp³-hybridized carbons (Fsp3) is 0.923. The highest BCUT2D eigenvalue weighted by Gasteiger charge is 2.53. The Balaban J connectivity index is 1.46. The van der Waals surface area contributed by atoms with Gasteiger partial charge in [0.15, 0.2) is 18.9 Å². The van der Waals surface area contributed by atoms with E-state index in [1.807, 2.05) is 0 Å². The van der Waals surface area contributed by atoms with Gasteiger partial charge in [0.1, 0.15) is 79.4 Å². The van der Waals surface area contributed by atoms with Crippen molar-refractivity contribution in [2.24, 2.45) is 0 Å². The predicted molar refractivity (Wildman–Crippen MR) is 143 cm³/mol. The highest BCUT2D eigenvalue weighted by molar-refractivity contribution is 5.23. The van der Waals surface area contributed by atoms with Gasteiger partial charge < -0.3 is 95.0 Å². The lowest BCUT2D eigenvalue weighted by Crippen LogP contribution is -2.67. The van der Waals surface area contributed by atoms with E-state index >= 15 is 0 Å². The van der Waals surface area contributed by atoms with Crippen molar-refractivity contribution in [1.29, 1.82) is 0 Å². The number of hydrogen-bond acceptors (Lipinski definition) is 19. The Morgan fingerprint density at radius 2 is 1.22 bits per heavy atom. The molecule has 0 bridgehead atoms. The van der Waals surface area contributed by atoms with Crippen LogP contribution in [0.1, 0.15) is 6.92 Å². The third kappa shape index (κ3) is 7.37. The summed E-state index contributed by atoms with van der Waals surface area (Å²) in [6, 6.07) is -2.04. The second-order valence-corrected chi connectivity index (χ2v) is 11.6.